The Morgan fingerprint density at radius 2 is 1.88 bits per heavy atom. The van der Waals surface area contributed by atoms with Gasteiger partial charge in [-0.2, -0.15) is 0 Å². The first-order chi connectivity index (χ1) is 12.3. The van der Waals surface area contributed by atoms with Gasteiger partial charge in [-0.05, 0) is 23.1 Å². The van der Waals surface area contributed by atoms with Crippen LogP contribution < -0.4 is 5.32 Å². The van der Waals surface area contributed by atoms with E-state index in [0.717, 1.165) is 5.56 Å². The number of rotatable bonds is 7. The molecule has 0 bridgehead atoms. The van der Waals surface area contributed by atoms with Gasteiger partial charge >= 0.3 is 0 Å². The summed E-state index contributed by atoms with van der Waals surface area (Å²) in [5.41, 5.74) is 1.68. The number of methoxy groups -OCH3 is 1. The highest BCUT2D eigenvalue weighted by molar-refractivity contribution is 5.99. The molecule has 0 aliphatic heterocycles. The minimum atomic E-state index is -0.352. The molecule has 140 valence electrons. The van der Waals surface area contributed by atoms with E-state index in [2.05, 4.69) is 35.8 Å². The molecule has 1 heterocycles. The van der Waals surface area contributed by atoms with Crippen LogP contribution in [0.15, 0.2) is 41.1 Å². The quantitative estimate of drug-likeness (QED) is 0.822. The van der Waals surface area contributed by atoms with Gasteiger partial charge in [0.2, 0.25) is 5.91 Å². The van der Waals surface area contributed by atoms with Crippen molar-refractivity contribution in [1.82, 2.24) is 10.1 Å². The summed E-state index contributed by atoms with van der Waals surface area (Å²) in [5, 5.41) is 6.21. The number of hydrogen-bond acceptors (Lipinski definition) is 5. The largest absolute Gasteiger partial charge is 0.383 e. The van der Waals surface area contributed by atoms with Crippen LogP contribution in [0.2, 0.25) is 0 Å². The predicted molar refractivity (Wildman–Crippen MR) is 98.1 cm³/mol. The molecule has 2 aromatic rings. The minimum Gasteiger partial charge on any atom is -0.383 e. The highest BCUT2D eigenvalue weighted by atomic mass is 16.5. The topological polar surface area (TPSA) is 84.7 Å². The summed E-state index contributed by atoms with van der Waals surface area (Å²) in [5.74, 6) is -0.267. The van der Waals surface area contributed by atoms with Crippen LogP contribution in [0.3, 0.4) is 0 Å². The molecule has 0 saturated carbocycles. The third kappa shape index (κ3) is 5.42. The van der Waals surface area contributed by atoms with E-state index < -0.39 is 0 Å². The normalized spacial score (nSPS) is 11.2. The second-order valence-corrected chi connectivity index (χ2v) is 6.98. The number of hydrogen-bond donors (Lipinski definition) is 1. The van der Waals surface area contributed by atoms with Gasteiger partial charge in [0.1, 0.15) is 12.8 Å². The molecule has 1 N–H and O–H groups in total. The predicted octanol–water partition coefficient (Wildman–Crippen LogP) is 2.70. The average molecular weight is 359 g/mol. The van der Waals surface area contributed by atoms with Crippen LogP contribution in [0, 0.1) is 0 Å². The van der Waals surface area contributed by atoms with E-state index in [1.807, 2.05) is 12.1 Å². The number of aromatic nitrogens is 1. The van der Waals surface area contributed by atoms with Crippen molar-refractivity contribution >= 4 is 17.6 Å². The highest BCUT2D eigenvalue weighted by Crippen LogP contribution is 2.22. The Labute approximate surface area is 153 Å². The summed E-state index contributed by atoms with van der Waals surface area (Å²) in [6.07, 6.45) is 1.36. The van der Waals surface area contributed by atoms with Crippen LogP contribution in [0.1, 0.15) is 36.7 Å². The second kappa shape index (κ2) is 8.62. The fourth-order valence-electron chi connectivity index (χ4n) is 2.38. The lowest BCUT2D eigenvalue weighted by Crippen LogP contribution is -2.40. The van der Waals surface area contributed by atoms with Gasteiger partial charge in [-0.1, -0.05) is 38.1 Å². The van der Waals surface area contributed by atoms with E-state index in [9.17, 15) is 9.59 Å². The van der Waals surface area contributed by atoms with Crippen LogP contribution >= 0.6 is 0 Å². The molecule has 1 aromatic carbocycles. The van der Waals surface area contributed by atoms with Gasteiger partial charge in [-0.15, -0.1) is 0 Å². The van der Waals surface area contributed by atoms with Crippen molar-refractivity contribution in [2.75, 3.05) is 32.1 Å². The zero-order valence-corrected chi connectivity index (χ0v) is 15.6. The zero-order valence-electron chi connectivity index (χ0n) is 15.6. The fourth-order valence-corrected chi connectivity index (χ4v) is 2.38. The molecule has 7 heteroatoms. The van der Waals surface area contributed by atoms with E-state index in [1.165, 1.54) is 17.2 Å². The Bertz CT molecular complexity index is 718. The Hall–Kier alpha value is -2.67. The van der Waals surface area contributed by atoms with Gasteiger partial charge in [-0.25, -0.2) is 0 Å². The summed E-state index contributed by atoms with van der Waals surface area (Å²) >= 11 is 0. The van der Waals surface area contributed by atoms with E-state index in [4.69, 9.17) is 4.74 Å². The molecule has 0 radical (unpaired) electrons. The van der Waals surface area contributed by atoms with Crippen molar-refractivity contribution in [3.8, 4) is 0 Å². The van der Waals surface area contributed by atoms with Crippen molar-refractivity contribution in [2.45, 2.75) is 26.2 Å². The lowest BCUT2D eigenvalue weighted by molar-refractivity contribution is -0.117. The number of carbonyl (C=O) groups excluding carboxylic acids is 2. The summed E-state index contributed by atoms with van der Waals surface area (Å²) in [4.78, 5) is 26.4. The zero-order chi connectivity index (χ0) is 19.2. The summed E-state index contributed by atoms with van der Waals surface area (Å²) in [7, 11) is 1.55. The van der Waals surface area contributed by atoms with Gasteiger partial charge in [0.25, 0.3) is 5.91 Å². The molecule has 0 atom stereocenters. The summed E-state index contributed by atoms with van der Waals surface area (Å²) in [6, 6.07) is 9.00. The van der Waals surface area contributed by atoms with Gasteiger partial charge in [0, 0.05) is 25.3 Å². The number of nitrogens with zero attached hydrogens (tertiary/aromatic N) is 2. The van der Waals surface area contributed by atoms with Crippen LogP contribution in [-0.2, 0) is 14.9 Å². The third-order valence-corrected chi connectivity index (χ3v) is 3.89. The number of anilines is 1. The fraction of sp³-hybridized carbons (Fsp3) is 0.421. The lowest BCUT2D eigenvalue weighted by atomic mass is 9.86. The average Bonchev–Trinajstić information content (AvgIpc) is 3.10. The number of ether oxygens (including phenoxy) is 1. The van der Waals surface area contributed by atoms with Crippen molar-refractivity contribution < 1.29 is 18.8 Å². The Balaban J connectivity index is 2.09. The molecule has 2 rings (SSSR count). The van der Waals surface area contributed by atoms with Crippen molar-refractivity contribution in [1.29, 1.82) is 0 Å². The van der Waals surface area contributed by atoms with Crippen LogP contribution in [0.5, 0.6) is 0 Å². The molecular formula is C19H25N3O4. The number of benzene rings is 1. The molecule has 0 saturated heterocycles. The molecule has 26 heavy (non-hydrogen) atoms. The highest BCUT2D eigenvalue weighted by Gasteiger charge is 2.20. The molecule has 1 aromatic heterocycles. The number of amides is 2. The smallest absolute Gasteiger partial charge is 0.254 e. The maximum Gasteiger partial charge on any atom is 0.254 e. The molecule has 7 nitrogen and oxygen atoms in total. The minimum absolute atomic E-state index is 0.00873. The van der Waals surface area contributed by atoms with Gasteiger partial charge in [-0.3, -0.25) is 9.59 Å². The monoisotopic (exact) mass is 359 g/mol. The van der Waals surface area contributed by atoms with Gasteiger partial charge < -0.3 is 19.5 Å². The lowest BCUT2D eigenvalue weighted by Gasteiger charge is -2.23. The summed E-state index contributed by atoms with van der Waals surface area (Å²) in [6.45, 7) is 6.89. The molecule has 2 amide bonds. The number of carbonyl (C=O) groups is 2. The van der Waals surface area contributed by atoms with E-state index in [1.54, 1.807) is 19.2 Å². The Morgan fingerprint density at radius 3 is 2.42 bits per heavy atom. The third-order valence-electron chi connectivity index (χ3n) is 3.89. The summed E-state index contributed by atoms with van der Waals surface area (Å²) < 4.78 is 9.73. The first-order valence-electron chi connectivity index (χ1n) is 8.40. The van der Waals surface area contributed by atoms with Crippen molar-refractivity contribution in [3.63, 3.8) is 0 Å². The maximum absolute atomic E-state index is 12.8. The second-order valence-electron chi connectivity index (χ2n) is 6.98. The van der Waals surface area contributed by atoms with Crippen LogP contribution in [0.25, 0.3) is 0 Å². The first-order valence-corrected chi connectivity index (χ1v) is 8.40. The standard InChI is InChI=1S/C19H25N3O4/c1-19(2,3)15-7-5-14(6-8-15)18(24)22(10-12-25-4)13-17(23)20-16-9-11-26-21-16/h5-9,11H,10,12-13H2,1-4H3,(H,20,21,23). The molecule has 0 unspecified atom stereocenters. The Kier molecular flexibility index (Phi) is 6.52. The van der Waals surface area contributed by atoms with E-state index in [0.29, 0.717) is 24.5 Å². The molecule has 0 spiro atoms. The molecule has 0 aliphatic rings. The van der Waals surface area contributed by atoms with Gasteiger partial charge in [0.05, 0.1) is 6.61 Å². The Morgan fingerprint density at radius 1 is 1.19 bits per heavy atom. The first kappa shape index (κ1) is 19.7. The van der Waals surface area contributed by atoms with E-state index >= 15 is 0 Å². The van der Waals surface area contributed by atoms with Crippen LogP contribution in [0.4, 0.5) is 5.82 Å². The molecule has 0 fully saturated rings. The SMILES string of the molecule is COCCN(CC(=O)Nc1ccon1)C(=O)c1ccc(C(C)(C)C)cc1. The molecular weight excluding hydrogens is 334 g/mol. The van der Waals surface area contributed by atoms with Crippen LogP contribution in [-0.4, -0.2) is 48.7 Å². The van der Waals surface area contributed by atoms with E-state index in [-0.39, 0.29) is 23.8 Å². The van der Waals surface area contributed by atoms with Crippen molar-refractivity contribution in [2.24, 2.45) is 0 Å². The van der Waals surface area contributed by atoms with Crippen molar-refractivity contribution in [3.05, 3.63) is 47.7 Å². The molecule has 0 aliphatic carbocycles. The van der Waals surface area contributed by atoms with Gasteiger partial charge in [0.15, 0.2) is 5.82 Å². The number of nitrogens with one attached hydrogen (secondary N) is 1. The maximum atomic E-state index is 12.8.